The van der Waals surface area contributed by atoms with E-state index < -0.39 is 6.36 Å². The first-order valence-corrected chi connectivity index (χ1v) is 10.7. The highest BCUT2D eigenvalue weighted by Crippen LogP contribution is 2.52. The molecule has 1 aromatic heterocycles. The van der Waals surface area contributed by atoms with Crippen molar-refractivity contribution in [3.05, 3.63) is 47.8 Å². The molecule has 2 fully saturated rings. The van der Waals surface area contributed by atoms with Crippen LogP contribution in [0.1, 0.15) is 36.9 Å². The van der Waals surface area contributed by atoms with E-state index >= 15 is 0 Å². The fourth-order valence-electron chi connectivity index (χ4n) is 4.47. The zero-order valence-electron chi connectivity index (χ0n) is 17.8. The Bertz CT molecular complexity index is 989. The van der Waals surface area contributed by atoms with Crippen LogP contribution in [0.3, 0.4) is 0 Å². The summed E-state index contributed by atoms with van der Waals surface area (Å²) in [4.78, 5) is 26.6. The Labute approximate surface area is 188 Å². The summed E-state index contributed by atoms with van der Waals surface area (Å²) in [5, 5.41) is 12.9. The molecule has 11 heteroatoms. The molecule has 0 atom stereocenters. The van der Waals surface area contributed by atoms with E-state index in [4.69, 9.17) is 0 Å². The van der Waals surface area contributed by atoms with Gasteiger partial charge in [-0.2, -0.15) is 0 Å². The maximum absolute atomic E-state index is 12.5. The van der Waals surface area contributed by atoms with Gasteiger partial charge in [-0.15, -0.1) is 18.3 Å². The van der Waals surface area contributed by atoms with Crippen molar-refractivity contribution in [3.8, 4) is 5.75 Å². The molecule has 2 amide bonds. The molecular weight excluding hydrogens is 439 g/mol. The molecular formula is C22H24F3N5O3. The van der Waals surface area contributed by atoms with Gasteiger partial charge in [0.25, 0.3) is 0 Å². The van der Waals surface area contributed by atoms with E-state index in [-0.39, 0.29) is 28.9 Å². The van der Waals surface area contributed by atoms with Crippen molar-refractivity contribution in [1.29, 1.82) is 0 Å². The van der Waals surface area contributed by atoms with E-state index in [1.165, 1.54) is 30.3 Å². The quantitative estimate of drug-likeness (QED) is 0.642. The van der Waals surface area contributed by atoms with Gasteiger partial charge >= 0.3 is 6.36 Å². The van der Waals surface area contributed by atoms with E-state index in [0.717, 1.165) is 31.4 Å². The number of halogens is 3. The molecule has 0 unspecified atom stereocenters. The maximum atomic E-state index is 12.5. The number of hydrogen-bond donors (Lipinski definition) is 2. The van der Waals surface area contributed by atoms with Crippen LogP contribution in [0.4, 0.5) is 13.2 Å². The third-order valence-electron chi connectivity index (χ3n) is 6.32. The number of likely N-dealkylation sites (tertiary alicyclic amines) is 1. The van der Waals surface area contributed by atoms with Crippen molar-refractivity contribution in [2.45, 2.75) is 38.6 Å². The molecule has 4 rings (SSSR count). The largest absolute Gasteiger partial charge is 0.573 e. The molecule has 1 aromatic carbocycles. The Hall–Kier alpha value is -3.37. The first-order chi connectivity index (χ1) is 15.7. The monoisotopic (exact) mass is 463 g/mol. The average molecular weight is 463 g/mol. The second kappa shape index (κ2) is 9.24. The molecule has 1 spiro atoms. The molecule has 1 aliphatic carbocycles. The Morgan fingerprint density at radius 2 is 1.91 bits per heavy atom. The van der Waals surface area contributed by atoms with Gasteiger partial charge in [0.15, 0.2) is 0 Å². The second-order valence-corrected chi connectivity index (χ2v) is 8.58. The van der Waals surface area contributed by atoms with E-state index in [2.05, 4.69) is 25.5 Å². The fourth-order valence-corrected chi connectivity index (χ4v) is 4.47. The van der Waals surface area contributed by atoms with Crippen LogP contribution in [-0.2, 0) is 16.1 Å². The smallest absolute Gasteiger partial charge is 0.406 e. The summed E-state index contributed by atoms with van der Waals surface area (Å²) in [5.41, 5.74) is 1.47. The predicted octanol–water partition coefficient (Wildman–Crippen LogP) is 3.05. The van der Waals surface area contributed by atoms with Gasteiger partial charge < -0.3 is 15.0 Å². The number of amides is 2. The van der Waals surface area contributed by atoms with Crippen LogP contribution < -0.4 is 10.1 Å². The van der Waals surface area contributed by atoms with Crippen LogP contribution in [0.5, 0.6) is 5.75 Å². The van der Waals surface area contributed by atoms with E-state index in [1.807, 2.05) is 0 Å². The Balaban J connectivity index is 1.20. The highest BCUT2D eigenvalue weighted by atomic mass is 19.4. The first-order valence-electron chi connectivity index (χ1n) is 10.7. The molecule has 1 saturated carbocycles. The van der Waals surface area contributed by atoms with Crippen molar-refractivity contribution in [2.24, 2.45) is 11.3 Å². The van der Waals surface area contributed by atoms with Crippen LogP contribution in [-0.4, -0.2) is 51.6 Å². The van der Waals surface area contributed by atoms with Crippen LogP contribution in [0.15, 0.2) is 36.5 Å². The number of nitrogens with zero attached hydrogens (tertiary/aromatic N) is 3. The van der Waals surface area contributed by atoms with Gasteiger partial charge in [0, 0.05) is 25.1 Å². The third kappa shape index (κ3) is 5.91. The number of aromatic nitrogens is 3. The van der Waals surface area contributed by atoms with Crippen molar-refractivity contribution >= 4 is 17.9 Å². The topological polar surface area (TPSA) is 100 Å². The van der Waals surface area contributed by atoms with Gasteiger partial charge in [0.05, 0.1) is 18.4 Å². The van der Waals surface area contributed by atoms with Gasteiger partial charge in [0.2, 0.25) is 11.8 Å². The molecule has 2 aromatic rings. The van der Waals surface area contributed by atoms with Gasteiger partial charge in [-0.3, -0.25) is 14.7 Å². The number of hydrogen-bond acceptors (Lipinski definition) is 5. The minimum atomic E-state index is -4.74. The minimum absolute atomic E-state index is 0.00711. The SMILES string of the molecule is O=C(NCc1cnn[nH]1)C1CC2(CCN(C(=O)/C=C/c3ccc(OC(F)(F)F)cc3)CC2)C1. The standard InChI is InChI=1S/C22H24F3N5O3/c23-22(24,25)33-18-4-1-15(2-5-18)3-6-19(31)30-9-7-21(8-10-30)11-16(12-21)20(32)26-13-17-14-27-29-28-17/h1-6,14,16H,7-13H2,(H,26,32)(H,27,28,29)/b6-3+. The summed E-state index contributed by atoms with van der Waals surface area (Å²) in [6.07, 6.45) is 3.19. The molecule has 2 N–H and O–H groups in total. The lowest BCUT2D eigenvalue weighted by Gasteiger charge is -2.51. The van der Waals surface area contributed by atoms with E-state index in [1.54, 1.807) is 17.2 Å². The van der Waals surface area contributed by atoms with Crippen molar-refractivity contribution in [3.63, 3.8) is 0 Å². The summed E-state index contributed by atoms with van der Waals surface area (Å²) in [5.74, 6) is -0.420. The lowest BCUT2D eigenvalue weighted by Crippen LogP contribution is -2.51. The van der Waals surface area contributed by atoms with Crippen molar-refractivity contribution < 1.29 is 27.5 Å². The van der Waals surface area contributed by atoms with Gasteiger partial charge in [0.1, 0.15) is 5.75 Å². The summed E-state index contributed by atoms with van der Waals surface area (Å²) in [6.45, 7) is 1.62. The number of ether oxygens (including phenoxy) is 1. The second-order valence-electron chi connectivity index (χ2n) is 8.58. The zero-order chi connectivity index (χ0) is 23.5. The van der Waals surface area contributed by atoms with Crippen molar-refractivity contribution in [1.82, 2.24) is 25.6 Å². The van der Waals surface area contributed by atoms with Crippen LogP contribution >= 0.6 is 0 Å². The summed E-state index contributed by atoms with van der Waals surface area (Å²) in [7, 11) is 0. The lowest BCUT2D eigenvalue weighted by atomic mass is 9.57. The van der Waals surface area contributed by atoms with Crippen LogP contribution in [0.2, 0.25) is 0 Å². The fraction of sp³-hybridized carbons (Fsp3) is 0.455. The summed E-state index contributed by atoms with van der Waals surface area (Å²) >= 11 is 0. The Morgan fingerprint density at radius 3 is 2.52 bits per heavy atom. The molecule has 176 valence electrons. The molecule has 1 saturated heterocycles. The molecule has 1 aliphatic heterocycles. The highest BCUT2D eigenvalue weighted by molar-refractivity contribution is 5.91. The first kappa shape index (κ1) is 22.8. The van der Waals surface area contributed by atoms with Crippen molar-refractivity contribution in [2.75, 3.05) is 13.1 Å². The number of carbonyl (C=O) groups is 2. The molecule has 8 nitrogen and oxygen atoms in total. The normalized spacial score (nSPS) is 18.3. The number of aromatic amines is 1. The molecule has 0 bridgehead atoms. The minimum Gasteiger partial charge on any atom is -0.406 e. The number of piperidine rings is 1. The van der Waals surface area contributed by atoms with Crippen LogP contribution in [0, 0.1) is 11.3 Å². The number of alkyl halides is 3. The van der Waals surface area contributed by atoms with Crippen LogP contribution in [0.25, 0.3) is 6.08 Å². The highest BCUT2D eigenvalue weighted by Gasteiger charge is 2.48. The average Bonchev–Trinajstić information content (AvgIpc) is 3.28. The molecule has 2 aliphatic rings. The number of rotatable bonds is 6. The Morgan fingerprint density at radius 1 is 1.21 bits per heavy atom. The number of carbonyl (C=O) groups excluding carboxylic acids is 2. The zero-order valence-corrected chi connectivity index (χ0v) is 17.8. The lowest BCUT2D eigenvalue weighted by molar-refractivity contribution is -0.274. The number of nitrogens with one attached hydrogen (secondary N) is 2. The third-order valence-corrected chi connectivity index (χ3v) is 6.32. The maximum Gasteiger partial charge on any atom is 0.573 e. The number of H-pyrrole nitrogens is 1. The van der Waals surface area contributed by atoms with Gasteiger partial charge in [-0.1, -0.05) is 17.3 Å². The van der Waals surface area contributed by atoms with Gasteiger partial charge in [-0.05, 0) is 54.9 Å². The van der Waals surface area contributed by atoms with Gasteiger partial charge in [-0.25, -0.2) is 0 Å². The summed E-state index contributed by atoms with van der Waals surface area (Å²) in [6, 6.07) is 5.32. The van der Waals surface area contributed by atoms with E-state index in [0.29, 0.717) is 25.2 Å². The molecule has 33 heavy (non-hydrogen) atoms. The summed E-state index contributed by atoms with van der Waals surface area (Å²) < 4.78 is 40.5. The molecule has 0 radical (unpaired) electrons. The number of benzene rings is 1. The van der Waals surface area contributed by atoms with E-state index in [9.17, 15) is 22.8 Å². The Kier molecular flexibility index (Phi) is 6.39. The molecule has 2 heterocycles. The predicted molar refractivity (Wildman–Crippen MR) is 111 cm³/mol.